The van der Waals surface area contributed by atoms with E-state index in [2.05, 4.69) is 11.9 Å². The molecule has 2 heteroatoms. The van der Waals surface area contributed by atoms with Gasteiger partial charge < -0.3 is 0 Å². The number of aliphatic imine (C=N–C) groups is 1. The quantitative estimate of drug-likeness (QED) is 0.596. The van der Waals surface area contributed by atoms with E-state index in [-0.39, 0.29) is 0 Å². The molecule has 0 atom stereocenters. The number of hydrogen-bond donors (Lipinski definition) is 0. The van der Waals surface area contributed by atoms with Crippen molar-refractivity contribution in [1.82, 2.24) is 0 Å². The Kier molecular flexibility index (Phi) is 2.89. The van der Waals surface area contributed by atoms with Crippen LogP contribution >= 0.6 is 0 Å². The van der Waals surface area contributed by atoms with Gasteiger partial charge in [0.25, 0.3) is 0 Å². The predicted molar refractivity (Wildman–Crippen MR) is 55.0 cm³/mol. The van der Waals surface area contributed by atoms with Crippen LogP contribution in [-0.2, 0) is 0 Å². The lowest BCUT2D eigenvalue weighted by Crippen LogP contribution is -2.24. The van der Waals surface area contributed by atoms with Crippen molar-refractivity contribution in [2.75, 3.05) is 7.05 Å². The molecule has 0 unspecified atom stereocenters. The van der Waals surface area contributed by atoms with Crippen LogP contribution in [0.15, 0.2) is 16.6 Å². The Hall–Kier alpha value is -0.660. The van der Waals surface area contributed by atoms with Crippen LogP contribution in [0.2, 0.25) is 0 Å². The van der Waals surface area contributed by atoms with E-state index in [4.69, 9.17) is 0 Å². The molecule has 0 aromatic heterocycles. The Morgan fingerprint density at radius 2 is 2.00 bits per heavy atom. The third kappa shape index (κ3) is 2.94. The topological polar surface area (TPSA) is 12.4 Å². The summed E-state index contributed by atoms with van der Waals surface area (Å²) in [6, 6.07) is 0. The van der Waals surface area contributed by atoms with Crippen LogP contribution in [0.3, 0.4) is 0 Å². The van der Waals surface area contributed by atoms with E-state index in [9.17, 15) is 4.39 Å². The molecule has 0 radical (unpaired) electrons. The minimum atomic E-state index is -1.31. The number of hydrogen-bond acceptors (Lipinski definition) is 1. The summed E-state index contributed by atoms with van der Waals surface area (Å²) in [6.45, 7) is 5.16. The Bertz CT molecular complexity index is 241. The summed E-state index contributed by atoms with van der Waals surface area (Å²) >= 11 is 0. The van der Waals surface area contributed by atoms with E-state index < -0.39 is 5.67 Å². The van der Waals surface area contributed by atoms with Crippen LogP contribution in [0, 0.1) is 5.92 Å². The molecule has 0 aromatic carbocycles. The molecule has 74 valence electrons. The Labute approximate surface area is 79.8 Å². The highest BCUT2D eigenvalue weighted by atomic mass is 19.1. The second-order valence-corrected chi connectivity index (χ2v) is 4.24. The van der Waals surface area contributed by atoms with Crippen molar-refractivity contribution in [3.05, 3.63) is 11.6 Å². The molecule has 0 spiro atoms. The maximum Gasteiger partial charge on any atom is 0.146 e. The predicted octanol–water partition coefficient (Wildman–Crippen LogP) is 3.16. The molecule has 1 saturated carbocycles. The van der Waals surface area contributed by atoms with E-state index in [1.54, 1.807) is 20.9 Å². The zero-order valence-corrected chi connectivity index (χ0v) is 8.89. The molecule has 0 bridgehead atoms. The van der Waals surface area contributed by atoms with Crippen LogP contribution < -0.4 is 0 Å². The van der Waals surface area contributed by atoms with Gasteiger partial charge in [-0.3, -0.25) is 4.99 Å². The van der Waals surface area contributed by atoms with Gasteiger partial charge in [0.2, 0.25) is 0 Å². The monoisotopic (exact) mass is 183 g/mol. The summed E-state index contributed by atoms with van der Waals surface area (Å²) in [6.07, 6.45) is 4.41. The first-order valence-corrected chi connectivity index (χ1v) is 4.79. The summed E-state index contributed by atoms with van der Waals surface area (Å²) in [4.78, 5) is 3.97. The van der Waals surface area contributed by atoms with Crippen molar-refractivity contribution in [2.24, 2.45) is 10.9 Å². The van der Waals surface area contributed by atoms with Gasteiger partial charge in [-0.1, -0.05) is 5.57 Å². The van der Waals surface area contributed by atoms with Gasteiger partial charge >= 0.3 is 0 Å². The van der Waals surface area contributed by atoms with E-state index in [1.807, 2.05) is 6.08 Å². The summed E-state index contributed by atoms with van der Waals surface area (Å²) in [7, 11) is 1.65. The van der Waals surface area contributed by atoms with Gasteiger partial charge in [-0.25, -0.2) is 4.39 Å². The van der Waals surface area contributed by atoms with Crippen molar-refractivity contribution in [2.45, 2.75) is 39.3 Å². The van der Waals surface area contributed by atoms with Gasteiger partial charge in [0.05, 0.1) is 5.71 Å². The van der Waals surface area contributed by atoms with E-state index >= 15 is 0 Å². The average molecular weight is 183 g/mol. The van der Waals surface area contributed by atoms with Crippen molar-refractivity contribution < 1.29 is 4.39 Å². The molecule has 1 rings (SSSR count). The molecule has 0 aliphatic heterocycles. The van der Waals surface area contributed by atoms with Crippen LogP contribution in [0.25, 0.3) is 0 Å². The molecule has 1 fully saturated rings. The summed E-state index contributed by atoms with van der Waals surface area (Å²) < 4.78 is 13.5. The van der Waals surface area contributed by atoms with Gasteiger partial charge in [-0.2, -0.15) is 0 Å². The van der Waals surface area contributed by atoms with Crippen molar-refractivity contribution in [3.8, 4) is 0 Å². The van der Waals surface area contributed by atoms with Crippen molar-refractivity contribution in [1.29, 1.82) is 0 Å². The minimum absolute atomic E-state index is 0.553. The smallest absolute Gasteiger partial charge is 0.146 e. The lowest BCUT2D eigenvalue weighted by molar-refractivity contribution is 0.314. The number of rotatable bonds is 3. The molecular formula is C11H18FN. The third-order valence-electron chi connectivity index (χ3n) is 2.44. The second-order valence-electron chi connectivity index (χ2n) is 4.24. The van der Waals surface area contributed by atoms with Crippen LogP contribution in [-0.4, -0.2) is 18.4 Å². The first-order valence-electron chi connectivity index (χ1n) is 4.79. The standard InChI is InChI=1S/C11H18FN/c1-8(9-5-6-9)7-10(13-4)11(2,3)12/h7,9H,5-6H2,1-4H3/b8-7+,13-10+. The molecule has 0 aromatic rings. The van der Waals surface area contributed by atoms with Crippen molar-refractivity contribution >= 4 is 5.71 Å². The highest BCUT2D eigenvalue weighted by molar-refractivity contribution is 6.01. The van der Waals surface area contributed by atoms with Crippen LogP contribution in [0.5, 0.6) is 0 Å². The maximum atomic E-state index is 13.5. The molecule has 0 N–H and O–H groups in total. The average Bonchev–Trinajstić information content (AvgIpc) is 2.78. The van der Waals surface area contributed by atoms with E-state index in [0.717, 1.165) is 0 Å². The Morgan fingerprint density at radius 1 is 1.46 bits per heavy atom. The number of alkyl halides is 1. The molecule has 13 heavy (non-hydrogen) atoms. The lowest BCUT2D eigenvalue weighted by Gasteiger charge is -2.14. The Balaban J connectivity index is 2.74. The highest BCUT2D eigenvalue weighted by Gasteiger charge is 2.26. The molecule has 0 saturated heterocycles. The van der Waals surface area contributed by atoms with Crippen molar-refractivity contribution in [3.63, 3.8) is 0 Å². The molecule has 1 aliphatic rings. The fourth-order valence-corrected chi connectivity index (χ4v) is 1.37. The molecule has 1 nitrogen and oxygen atoms in total. The summed E-state index contributed by atoms with van der Waals surface area (Å²) in [5.74, 6) is 0.694. The Morgan fingerprint density at radius 3 is 2.31 bits per heavy atom. The van der Waals surface area contributed by atoms with Gasteiger partial charge in [0, 0.05) is 7.05 Å². The number of halogens is 1. The molecule has 1 aliphatic carbocycles. The van der Waals surface area contributed by atoms with Gasteiger partial charge in [-0.15, -0.1) is 0 Å². The molecular weight excluding hydrogens is 165 g/mol. The third-order valence-corrected chi connectivity index (χ3v) is 2.44. The van der Waals surface area contributed by atoms with E-state index in [1.165, 1.54) is 18.4 Å². The SMILES string of the molecule is C/N=C(\C=C(/C)C1CC1)C(C)(C)F. The highest BCUT2D eigenvalue weighted by Crippen LogP contribution is 2.36. The van der Waals surface area contributed by atoms with Crippen LogP contribution in [0.1, 0.15) is 33.6 Å². The molecule has 0 heterocycles. The first-order chi connectivity index (χ1) is 5.95. The van der Waals surface area contributed by atoms with Gasteiger partial charge in [0.1, 0.15) is 5.67 Å². The summed E-state index contributed by atoms with van der Waals surface area (Å²) in [5, 5.41) is 0. The minimum Gasteiger partial charge on any atom is -0.290 e. The number of allylic oxidation sites excluding steroid dienone is 2. The summed E-state index contributed by atoms with van der Waals surface area (Å²) in [5.41, 5.74) is 0.508. The molecule has 0 amide bonds. The van der Waals surface area contributed by atoms with Gasteiger partial charge in [0.15, 0.2) is 0 Å². The van der Waals surface area contributed by atoms with E-state index in [0.29, 0.717) is 11.6 Å². The number of nitrogens with zero attached hydrogens (tertiary/aromatic N) is 1. The maximum absolute atomic E-state index is 13.5. The first kappa shape index (κ1) is 10.4. The second kappa shape index (κ2) is 3.60. The van der Waals surface area contributed by atoms with Crippen LogP contribution in [0.4, 0.5) is 4.39 Å². The zero-order valence-electron chi connectivity index (χ0n) is 8.89. The normalized spacial score (nSPS) is 20.7. The fraction of sp³-hybridized carbons (Fsp3) is 0.727. The van der Waals surface area contributed by atoms with Gasteiger partial charge in [-0.05, 0) is 45.6 Å². The largest absolute Gasteiger partial charge is 0.290 e. The zero-order chi connectivity index (χ0) is 10.1. The fourth-order valence-electron chi connectivity index (χ4n) is 1.37. The lowest BCUT2D eigenvalue weighted by atomic mass is 10.0.